The van der Waals surface area contributed by atoms with Crippen LogP contribution in [0.1, 0.15) is 43.0 Å². The van der Waals surface area contributed by atoms with Crippen molar-refractivity contribution in [3.8, 4) is 11.4 Å². The molecule has 0 aliphatic carbocycles. The van der Waals surface area contributed by atoms with Gasteiger partial charge in [-0.15, -0.1) is 0 Å². The maximum atomic E-state index is 5.97. The molecule has 2 aromatic rings. The number of hydrogen-bond donors (Lipinski definition) is 0. The molecule has 0 bridgehead atoms. The van der Waals surface area contributed by atoms with Crippen molar-refractivity contribution >= 4 is 75.7 Å². The maximum Gasteiger partial charge on any atom is 0.250 e. The molecule has 150 valence electrons. The summed E-state index contributed by atoms with van der Waals surface area (Å²) in [7, 11) is 0. The summed E-state index contributed by atoms with van der Waals surface area (Å²) >= 11 is 35.8. The van der Waals surface area contributed by atoms with Crippen molar-refractivity contribution in [1.29, 1.82) is 0 Å². The predicted molar refractivity (Wildman–Crippen MR) is 122 cm³/mol. The van der Waals surface area contributed by atoms with Gasteiger partial charge in [-0.05, 0) is 24.0 Å². The smallest absolute Gasteiger partial charge is 0.209 e. The largest absolute Gasteiger partial charge is 0.250 e. The van der Waals surface area contributed by atoms with Crippen LogP contribution >= 0.6 is 69.6 Å². The molecule has 0 fully saturated rings. The van der Waals surface area contributed by atoms with E-state index in [9.17, 15) is 0 Å². The highest BCUT2D eigenvalue weighted by molar-refractivity contribution is 6.67. The van der Waals surface area contributed by atoms with Crippen LogP contribution < -0.4 is 0 Å². The molecule has 1 heterocycles. The normalized spacial score (nSPS) is 13.0. The number of aryl methyl sites for hydroxylation is 1. The first-order valence-electron chi connectivity index (χ1n) is 8.43. The fraction of sp³-hybridized carbons (Fsp3) is 0.316. The van der Waals surface area contributed by atoms with E-state index in [-0.39, 0.29) is 17.5 Å². The number of rotatable bonds is 5. The summed E-state index contributed by atoms with van der Waals surface area (Å²) in [5, 5.41) is 0. The van der Waals surface area contributed by atoms with Crippen molar-refractivity contribution in [3.63, 3.8) is 0 Å². The minimum atomic E-state index is -1.90. The molecule has 0 spiro atoms. The van der Waals surface area contributed by atoms with Gasteiger partial charge < -0.3 is 0 Å². The zero-order valence-electron chi connectivity index (χ0n) is 15.1. The van der Waals surface area contributed by atoms with Gasteiger partial charge in [-0.1, -0.05) is 126 Å². The number of nitrogens with zero attached hydrogens (tertiary/aromatic N) is 3. The topological polar surface area (TPSA) is 38.7 Å². The fourth-order valence-electron chi connectivity index (χ4n) is 2.30. The number of halogens is 6. The standard InChI is InChI=1S/C19H17Cl6N3/c1-3-5-6-7-8-13-11-12(4-2)9-10-14(13)15-26-16(18(20,21)22)28-17(27-15)19(23,24)25/h5-11H,3-4H2,1-2H3/b6-5-,8-7-. The third-order valence-electron chi connectivity index (χ3n) is 3.67. The van der Waals surface area contributed by atoms with E-state index in [0.717, 1.165) is 24.0 Å². The molecule has 0 N–H and O–H groups in total. The second kappa shape index (κ2) is 9.97. The second-order valence-electron chi connectivity index (χ2n) is 5.77. The Labute approximate surface area is 194 Å². The number of benzene rings is 1. The molecule has 3 nitrogen and oxygen atoms in total. The molecule has 0 aliphatic rings. The average Bonchev–Trinajstić information content (AvgIpc) is 2.63. The summed E-state index contributed by atoms with van der Waals surface area (Å²) in [5.41, 5.74) is 2.74. The van der Waals surface area contributed by atoms with Crippen LogP contribution in [-0.4, -0.2) is 15.0 Å². The molecule has 0 radical (unpaired) electrons. The van der Waals surface area contributed by atoms with Gasteiger partial charge in [0.05, 0.1) is 0 Å². The van der Waals surface area contributed by atoms with Gasteiger partial charge >= 0.3 is 0 Å². The van der Waals surface area contributed by atoms with Crippen molar-refractivity contribution in [2.75, 3.05) is 0 Å². The third-order valence-corrected chi connectivity index (χ3v) is 4.68. The van der Waals surface area contributed by atoms with Crippen molar-refractivity contribution in [1.82, 2.24) is 15.0 Å². The van der Waals surface area contributed by atoms with Crippen LogP contribution in [0, 0.1) is 0 Å². The first-order valence-corrected chi connectivity index (χ1v) is 10.7. The molecule has 0 saturated heterocycles. The van der Waals surface area contributed by atoms with E-state index in [4.69, 9.17) is 69.6 Å². The van der Waals surface area contributed by atoms with E-state index in [1.165, 1.54) is 0 Å². The van der Waals surface area contributed by atoms with Gasteiger partial charge in [0.2, 0.25) is 7.59 Å². The summed E-state index contributed by atoms with van der Waals surface area (Å²) in [6.45, 7) is 4.14. The van der Waals surface area contributed by atoms with Gasteiger partial charge in [0.25, 0.3) is 0 Å². The lowest BCUT2D eigenvalue weighted by Gasteiger charge is -2.16. The van der Waals surface area contributed by atoms with E-state index >= 15 is 0 Å². The van der Waals surface area contributed by atoms with E-state index < -0.39 is 7.59 Å². The number of allylic oxidation sites excluding steroid dienone is 3. The molecule has 0 atom stereocenters. The third kappa shape index (κ3) is 6.48. The zero-order valence-corrected chi connectivity index (χ0v) is 19.6. The highest BCUT2D eigenvalue weighted by Crippen LogP contribution is 2.41. The first-order chi connectivity index (χ1) is 13.1. The molecule has 0 aliphatic heterocycles. The van der Waals surface area contributed by atoms with Crippen LogP contribution in [-0.2, 0) is 14.0 Å². The summed E-state index contributed by atoms with van der Waals surface area (Å²) < 4.78 is -3.79. The molecule has 0 saturated carbocycles. The SMILES string of the molecule is CC/C=C\C=C/c1cc(CC)ccc1-c1nc(C(Cl)(Cl)Cl)nc(C(Cl)(Cl)Cl)n1. The van der Waals surface area contributed by atoms with Crippen LogP contribution in [0.5, 0.6) is 0 Å². The van der Waals surface area contributed by atoms with Crippen LogP contribution in [0.3, 0.4) is 0 Å². The number of aromatic nitrogens is 3. The first kappa shape index (κ1) is 23.7. The monoisotopic (exact) mass is 497 g/mol. The fourth-order valence-corrected chi connectivity index (χ4v) is 2.80. The number of hydrogen-bond acceptors (Lipinski definition) is 3. The summed E-state index contributed by atoms with van der Waals surface area (Å²) in [6, 6.07) is 5.91. The van der Waals surface area contributed by atoms with Gasteiger partial charge in [0, 0.05) is 5.56 Å². The van der Waals surface area contributed by atoms with Gasteiger partial charge in [-0.25, -0.2) is 15.0 Å². The summed E-state index contributed by atoms with van der Waals surface area (Å²) in [4.78, 5) is 12.6. The molecule has 0 amide bonds. The maximum absolute atomic E-state index is 5.97. The lowest BCUT2D eigenvalue weighted by molar-refractivity contribution is 0.851. The quantitative estimate of drug-likeness (QED) is 0.312. The molecule has 1 aromatic heterocycles. The van der Waals surface area contributed by atoms with Crippen LogP contribution in [0.15, 0.2) is 36.4 Å². The summed E-state index contributed by atoms with van der Waals surface area (Å²) in [5.74, 6) is 0.00725. The lowest BCUT2D eigenvalue weighted by atomic mass is 10.0. The Balaban J connectivity index is 2.68. The minimum Gasteiger partial charge on any atom is -0.209 e. The van der Waals surface area contributed by atoms with Gasteiger partial charge in [0.1, 0.15) is 0 Å². The molecule has 9 heteroatoms. The van der Waals surface area contributed by atoms with Crippen LogP contribution in [0.2, 0.25) is 0 Å². The Morgan fingerprint density at radius 2 is 1.46 bits per heavy atom. The van der Waals surface area contributed by atoms with Crippen molar-refractivity contribution < 1.29 is 0 Å². The van der Waals surface area contributed by atoms with Crippen LogP contribution in [0.25, 0.3) is 17.5 Å². The zero-order chi connectivity index (χ0) is 20.9. The van der Waals surface area contributed by atoms with Crippen molar-refractivity contribution in [2.24, 2.45) is 0 Å². The van der Waals surface area contributed by atoms with E-state index in [1.54, 1.807) is 0 Å². The van der Waals surface area contributed by atoms with Gasteiger partial charge in [0.15, 0.2) is 17.5 Å². The molecule has 2 rings (SSSR count). The Kier molecular flexibility index (Phi) is 8.45. The summed E-state index contributed by atoms with van der Waals surface area (Å²) in [6.07, 6.45) is 9.73. The van der Waals surface area contributed by atoms with Gasteiger partial charge in [-0.3, -0.25) is 0 Å². The molecule has 0 unspecified atom stereocenters. The Morgan fingerprint density at radius 1 is 0.857 bits per heavy atom. The van der Waals surface area contributed by atoms with Crippen molar-refractivity contribution in [2.45, 2.75) is 34.3 Å². The minimum absolute atomic E-state index is 0.121. The molecule has 28 heavy (non-hydrogen) atoms. The predicted octanol–water partition coefficient (Wildman–Crippen LogP) is 7.73. The Bertz CT molecular complexity index is 850. The Morgan fingerprint density at radius 3 is 1.96 bits per heavy atom. The molecular formula is C19H17Cl6N3. The highest BCUT2D eigenvalue weighted by atomic mass is 35.6. The lowest BCUT2D eigenvalue weighted by Crippen LogP contribution is -2.17. The van der Waals surface area contributed by atoms with E-state index in [0.29, 0.717) is 5.56 Å². The number of alkyl halides is 6. The van der Waals surface area contributed by atoms with E-state index in [1.807, 2.05) is 42.5 Å². The second-order valence-corrected chi connectivity index (χ2v) is 10.3. The van der Waals surface area contributed by atoms with Crippen molar-refractivity contribution in [3.05, 3.63) is 59.2 Å². The average molecular weight is 500 g/mol. The Hall–Kier alpha value is -0.550. The molecule has 1 aromatic carbocycles. The van der Waals surface area contributed by atoms with Crippen LogP contribution in [0.4, 0.5) is 0 Å². The molecular weight excluding hydrogens is 483 g/mol. The van der Waals surface area contributed by atoms with Gasteiger partial charge in [-0.2, -0.15) is 0 Å². The highest BCUT2D eigenvalue weighted by Gasteiger charge is 2.34. The van der Waals surface area contributed by atoms with E-state index in [2.05, 4.69) is 28.8 Å².